The molecule has 0 bridgehead atoms. The molecule has 1 heterocycles. The fraction of sp³-hybridized carbons (Fsp3) is 0.222. The number of aryl methyl sites for hydroxylation is 1. The molecule has 1 aliphatic heterocycles. The number of rotatable bonds is 6. The van der Waals surface area contributed by atoms with Gasteiger partial charge in [0.1, 0.15) is 5.82 Å². The molecule has 10 heteroatoms. The monoisotopic (exact) mass is 407 g/mol. The zero-order valence-electron chi connectivity index (χ0n) is 14.9. The van der Waals surface area contributed by atoms with Crippen molar-refractivity contribution in [2.24, 2.45) is 0 Å². The maximum atomic E-state index is 14.2. The summed E-state index contributed by atoms with van der Waals surface area (Å²) >= 11 is 0. The number of sulfonamides is 1. The Hall–Kier alpha value is -3.14. The third-order valence-electron chi connectivity index (χ3n) is 4.35. The number of amides is 2. The number of carbonyl (C=O) groups is 2. The number of nitrogens with one attached hydrogen (secondary N) is 2. The largest absolute Gasteiger partial charge is 0.478 e. The molecular weight excluding hydrogens is 389 g/mol. The summed E-state index contributed by atoms with van der Waals surface area (Å²) in [5.74, 6) is -2.09. The van der Waals surface area contributed by atoms with Crippen LogP contribution in [0.2, 0.25) is 0 Å². The highest BCUT2D eigenvalue weighted by Gasteiger charge is 2.25. The van der Waals surface area contributed by atoms with Gasteiger partial charge in [0.15, 0.2) is 0 Å². The first-order valence-electron chi connectivity index (χ1n) is 8.47. The highest BCUT2D eigenvalue weighted by atomic mass is 32.2. The molecule has 28 heavy (non-hydrogen) atoms. The maximum absolute atomic E-state index is 14.2. The summed E-state index contributed by atoms with van der Waals surface area (Å²) in [7, 11) is -4.26. The summed E-state index contributed by atoms with van der Waals surface area (Å²) in [5.41, 5.74) is 0.206. The van der Waals surface area contributed by atoms with Crippen molar-refractivity contribution in [1.29, 1.82) is 0 Å². The van der Waals surface area contributed by atoms with Crippen molar-refractivity contribution in [3.05, 3.63) is 53.3 Å². The predicted molar refractivity (Wildman–Crippen MR) is 101 cm³/mol. The average Bonchev–Trinajstić information content (AvgIpc) is 3.08. The second-order valence-electron chi connectivity index (χ2n) is 6.13. The van der Waals surface area contributed by atoms with Crippen molar-refractivity contribution < 1.29 is 27.5 Å². The van der Waals surface area contributed by atoms with Crippen molar-refractivity contribution in [2.75, 3.05) is 22.7 Å². The van der Waals surface area contributed by atoms with Crippen molar-refractivity contribution in [3.8, 4) is 0 Å². The van der Waals surface area contributed by atoms with E-state index in [1.165, 1.54) is 29.2 Å². The molecule has 3 N–H and O–H groups in total. The van der Waals surface area contributed by atoms with E-state index < -0.39 is 21.8 Å². The number of urea groups is 1. The van der Waals surface area contributed by atoms with Gasteiger partial charge in [-0.3, -0.25) is 9.62 Å². The van der Waals surface area contributed by atoms with Crippen LogP contribution in [0, 0.1) is 5.82 Å². The first kappa shape index (κ1) is 19.6. The number of hydrogen-bond donors (Lipinski definition) is 3. The number of halogens is 1. The fourth-order valence-corrected chi connectivity index (χ4v) is 4.30. The molecule has 0 atom stereocenters. The molecule has 0 radical (unpaired) electrons. The smallest absolute Gasteiger partial charge is 0.335 e. The van der Waals surface area contributed by atoms with Gasteiger partial charge in [-0.25, -0.2) is 22.4 Å². The normalized spacial score (nSPS) is 14.1. The number of carboxylic acid groups (broad SMARTS) is 1. The molecular formula is C18H18FN3O5S. The van der Waals surface area contributed by atoms with Gasteiger partial charge in [-0.15, -0.1) is 0 Å². The molecule has 1 aliphatic rings. The number of carbonyl (C=O) groups excluding carboxylic acids is 1. The van der Waals surface area contributed by atoms with Gasteiger partial charge in [0, 0.05) is 18.8 Å². The second-order valence-corrected chi connectivity index (χ2v) is 7.79. The lowest BCUT2D eigenvalue weighted by Gasteiger charge is -2.17. The summed E-state index contributed by atoms with van der Waals surface area (Å²) in [6.45, 7) is 2.53. The summed E-state index contributed by atoms with van der Waals surface area (Å²) in [5, 5.41) is 11.7. The second kappa shape index (κ2) is 7.47. The molecule has 0 aliphatic carbocycles. The Balaban J connectivity index is 2.00. The number of carboxylic acids is 1. The SMILES string of the molecule is CCc1ccc(C(=O)O)cc1S(=O)(=O)Nc1cc(N2CCNC2=O)ccc1F. The van der Waals surface area contributed by atoms with E-state index in [1.54, 1.807) is 6.92 Å². The highest BCUT2D eigenvalue weighted by molar-refractivity contribution is 7.92. The van der Waals surface area contributed by atoms with Gasteiger partial charge >= 0.3 is 12.0 Å². The van der Waals surface area contributed by atoms with E-state index >= 15 is 0 Å². The molecule has 148 valence electrons. The lowest BCUT2D eigenvalue weighted by atomic mass is 10.1. The van der Waals surface area contributed by atoms with Crippen LogP contribution in [-0.4, -0.2) is 38.6 Å². The van der Waals surface area contributed by atoms with Gasteiger partial charge in [0.2, 0.25) is 0 Å². The fourth-order valence-electron chi connectivity index (χ4n) is 2.91. The molecule has 3 rings (SSSR count). The minimum Gasteiger partial charge on any atom is -0.478 e. The first-order valence-corrected chi connectivity index (χ1v) is 9.95. The maximum Gasteiger partial charge on any atom is 0.335 e. The van der Waals surface area contributed by atoms with Crippen LogP contribution < -0.4 is 14.9 Å². The number of anilines is 2. The first-order chi connectivity index (χ1) is 13.2. The molecule has 2 aromatic rings. The van der Waals surface area contributed by atoms with Crippen molar-refractivity contribution in [1.82, 2.24) is 5.32 Å². The van der Waals surface area contributed by atoms with Crippen molar-refractivity contribution in [3.63, 3.8) is 0 Å². The average molecular weight is 407 g/mol. The van der Waals surface area contributed by atoms with Crippen LogP contribution in [0.25, 0.3) is 0 Å². The lowest BCUT2D eigenvalue weighted by molar-refractivity contribution is 0.0696. The van der Waals surface area contributed by atoms with Gasteiger partial charge in [-0.1, -0.05) is 13.0 Å². The predicted octanol–water partition coefficient (Wildman–Crippen LogP) is 2.42. The van der Waals surface area contributed by atoms with E-state index in [4.69, 9.17) is 5.11 Å². The molecule has 1 saturated heterocycles. The van der Waals surface area contributed by atoms with Crippen LogP contribution in [0.15, 0.2) is 41.3 Å². The van der Waals surface area contributed by atoms with Gasteiger partial charge < -0.3 is 10.4 Å². The Morgan fingerprint density at radius 2 is 2.04 bits per heavy atom. The molecule has 0 spiro atoms. The highest BCUT2D eigenvalue weighted by Crippen LogP contribution is 2.27. The van der Waals surface area contributed by atoms with Crippen LogP contribution in [0.3, 0.4) is 0 Å². The summed E-state index contributed by atoms with van der Waals surface area (Å²) < 4.78 is 42.1. The quantitative estimate of drug-likeness (QED) is 0.680. The van der Waals surface area contributed by atoms with E-state index in [1.807, 2.05) is 0 Å². The molecule has 0 unspecified atom stereocenters. The molecule has 0 saturated carbocycles. The van der Waals surface area contributed by atoms with E-state index in [-0.39, 0.29) is 22.2 Å². The van der Waals surface area contributed by atoms with Crippen LogP contribution >= 0.6 is 0 Å². The molecule has 8 nitrogen and oxygen atoms in total. The third kappa shape index (κ3) is 3.77. The van der Waals surface area contributed by atoms with Crippen LogP contribution in [0.5, 0.6) is 0 Å². The third-order valence-corrected chi connectivity index (χ3v) is 5.79. The summed E-state index contributed by atoms with van der Waals surface area (Å²) in [6.07, 6.45) is 0.340. The van der Waals surface area contributed by atoms with Crippen LogP contribution in [0.1, 0.15) is 22.8 Å². The molecule has 0 aromatic heterocycles. The van der Waals surface area contributed by atoms with E-state index in [9.17, 15) is 22.4 Å². The van der Waals surface area contributed by atoms with E-state index in [0.29, 0.717) is 30.8 Å². The summed E-state index contributed by atoms with van der Waals surface area (Å²) in [6, 6.07) is 7.08. The van der Waals surface area contributed by atoms with E-state index in [2.05, 4.69) is 10.0 Å². The topological polar surface area (TPSA) is 116 Å². The number of benzene rings is 2. The number of nitrogens with zero attached hydrogens (tertiary/aromatic N) is 1. The number of aromatic carboxylic acids is 1. The van der Waals surface area contributed by atoms with Gasteiger partial charge in [-0.2, -0.15) is 0 Å². The lowest BCUT2D eigenvalue weighted by Crippen LogP contribution is -2.27. The van der Waals surface area contributed by atoms with Crippen LogP contribution in [0.4, 0.5) is 20.6 Å². The van der Waals surface area contributed by atoms with Gasteiger partial charge in [-0.05, 0) is 42.3 Å². The van der Waals surface area contributed by atoms with Crippen molar-refractivity contribution >= 4 is 33.4 Å². The van der Waals surface area contributed by atoms with Gasteiger partial charge in [0.05, 0.1) is 16.1 Å². The zero-order chi connectivity index (χ0) is 20.5. The minimum atomic E-state index is -4.26. The Kier molecular flexibility index (Phi) is 5.23. The summed E-state index contributed by atoms with van der Waals surface area (Å²) in [4.78, 5) is 24.1. The Labute approximate surface area is 161 Å². The Morgan fingerprint density at radius 3 is 2.64 bits per heavy atom. The van der Waals surface area contributed by atoms with E-state index in [0.717, 1.165) is 12.1 Å². The standard InChI is InChI=1S/C18H18FN3O5S/c1-2-11-3-4-12(17(23)24)9-16(11)28(26,27)21-15-10-13(5-6-14(15)19)22-8-7-20-18(22)25/h3-6,9-10,21H,2,7-8H2,1H3,(H,20,25)(H,23,24). The molecule has 1 fully saturated rings. The van der Waals surface area contributed by atoms with Crippen LogP contribution in [-0.2, 0) is 16.4 Å². The Morgan fingerprint density at radius 1 is 1.29 bits per heavy atom. The molecule has 2 aromatic carbocycles. The van der Waals surface area contributed by atoms with Gasteiger partial charge in [0.25, 0.3) is 10.0 Å². The van der Waals surface area contributed by atoms with Crippen molar-refractivity contribution in [2.45, 2.75) is 18.2 Å². The zero-order valence-corrected chi connectivity index (χ0v) is 15.7. The Bertz CT molecular complexity index is 1060. The molecule has 2 amide bonds. The number of hydrogen-bond acceptors (Lipinski definition) is 4. The minimum absolute atomic E-state index is 0.194.